The highest BCUT2D eigenvalue weighted by Crippen LogP contribution is 2.33. The van der Waals surface area contributed by atoms with Gasteiger partial charge in [0.15, 0.2) is 17.1 Å². The summed E-state index contributed by atoms with van der Waals surface area (Å²) >= 11 is 0. The Morgan fingerprint density at radius 3 is 2.54 bits per heavy atom. The summed E-state index contributed by atoms with van der Waals surface area (Å²) in [7, 11) is 4.93. The van der Waals surface area contributed by atoms with Crippen LogP contribution in [0.4, 0.5) is 0 Å². The van der Waals surface area contributed by atoms with Crippen LogP contribution < -0.4 is 9.47 Å². The highest BCUT2D eigenvalue weighted by Gasteiger charge is 2.43. The third-order valence-electron chi connectivity index (χ3n) is 5.90. The van der Waals surface area contributed by atoms with Crippen molar-refractivity contribution in [1.82, 2.24) is 9.80 Å². The molecule has 0 radical (unpaired) electrons. The maximum Gasteiger partial charge on any atom is 0.256 e. The fourth-order valence-corrected chi connectivity index (χ4v) is 4.32. The van der Waals surface area contributed by atoms with Crippen LogP contribution in [0.2, 0.25) is 0 Å². The van der Waals surface area contributed by atoms with Crippen LogP contribution in [-0.2, 0) is 16.1 Å². The monoisotopic (exact) mass is 392 g/mol. The van der Waals surface area contributed by atoms with E-state index in [0.717, 1.165) is 37.9 Å². The number of nitrogens with zero attached hydrogens (tertiary/aromatic N) is 2. The van der Waals surface area contributed by atoms with Crippen LogP contribution in [-0.4, -0.2) is 80.0 Å². The summed E-state index contributed by atoms with van der Waals surface area (Å²) in [6.07, 6.45) is 3.44. The molecule has 2 aliphatic heterocycles. The topological polar surface area (TPSA) is 71.5 Å². The summed E-state index contributed by atoms with van der Waals surface area (Å²) in [6, 6.07) is 5.65. The molecule has 1 N–H and O–H groups in total. The Kier molecular flexibility index (Phi) is 6.80. The Bertz CT molecular complexity index is 675. The van der Waals surface area contributed by atoms with E-state index in [1.807, 2.05) is 18.2 Å². The molecule has 7 heteroatoms. The number of carbonyl (C=O) groups excluding carboxylic acids is 1. The van der Waals surface area contributed by atoms with Gasteiger partial charge in [0.2, 0.25) is 0 Å². The molecular formula is C21H32N2O5. The number of hydrogen-bond donors (Lipinski definition) is 1. The van der Waals surface area contributed by atoms with E-state index in [4.69, 9.17) is 14.2 Å². The molecule has 0 aliphatic carbocycles. The predicted octanol–water partition coefficient (Wildman–Crippen LogP) is 1.67. The van der Waals surface area contributed by atoms with Crippen molar-refractivity contribution in [3.63, 3.8) is 0 Å². The number of likely N-dealkylation sites (tertiary alicyclic amines) is 2. The minimum absolute atomic E-state index is 0.197. The number of para-hydroxylation sites is 1. The lowest BCUT2D eigenvalue weighted by atomic mass is 9.90. The highest BCUT2D eigenvalue weighted by atomic mass is 16.5. The summed E-state index contributed by atoms with van der Waals surface area (Å²) in [5, 5.41) is 11.2. The van der Waals surface area contributed by atoms with Gasteiger partial charge in [-0.25, -0.2) is 0 Å². The standard InChI is InChI=1S/C21H32N2O5/c1-26-17-8-12-22(13-9-17)15-21(25)10-5-11-23(20(21)24)14-16-6-4-7-18(27-2)19(16)28-3/h4,6-7,17,25H,5,8-15H2,1-3H3. The summed E-state index contributed by atoms with van der Waals surface area (Å²) in [6.45, 7) is 3.10. The lowest BCUT2D eigenvalue weighted by molar-refractivity contribution is -0.161. The number of rotatable bonds is 7. The number of methoxy groups -OCH3 is 3. The molecule has 2 saturated heterocycles. The molecule has 2 heterocycles. The molecule has 1 atom stereocenters. The van der Waals surface area contributed by atoms with Crippen molar-refractivity contribution >= 4 is 5.91 Å². The van der Waals surface area contributed by atoms with Crippen LogP contribution in [0.1, 0.15) is 31.2 Å². The smallest absolute Gasteiger partial charge is 0.256 e. The van der Waals surface area contributed by atoms with Gasteiger partial charge in [0.25, 0.3) is 5.91 Å². The van der Waals surface area contributed by atoms with E-state index >= 15 is 0 Å². The van der Waals surface area contributed by atoms with Crippen molar-refractivity contribution in [3.8, 4) is 11.5 Å². The number of piperidine rings is 2. The molecule has 1 amide bonds. The summed E-state index contributed by atoms with van der Waals surface area (Å²) in [5.41, 5.74) is -0.454. The Balaban J connectivity index is 1.69. The van der Waals surface area contributed by atoms with Gasteiger partial charge >= 0.3 is 0 Å². The zero-order valence-electron chi connectivity index (χ0n) is 17.1. The summed E-state index contributed by atoms with van der Waals surface area (Å²) in [5.74, 6) is 1.08. The summed E-state index contributed by atoms with van der Waals surface area (Å²) < 4.78 is 16.3. The maximum atomic E-state index is 13.2. The molecule has 1 aromatic carbocycles. The van der Waals surface area contributed by atoms with Gasteiger partial charge in [-0.15, -0.1) is 0 Å². The fraction of sp³-hybridized carbons (Fsp3) is 0.667. The lowest BCUT2D eigenvalue weighted by Crippen LogP contribution is -2.59. The zero-order valence-corrected chi connectivity index (χ0v) is 17.1. The first kappa shape index (κ1) is 20.9. The Hall–Kier alpha value is -1.83. The van der Waals surface area contributed by atoms with E-state index in [9.17, 15) is 9.90 Å². The fourth-order valence-electron chi connectivity index (χ4n) is 4.32. The van der Waals surface area contributed by atoms with E-state index in [1.54, 1.807) is 26.2 Å². The average Bonchev–Trinajstić information content (AvgIpc) is 2.72. The van der Waals surface area contributed by atoms with Crippen LogP contribution in [0.5, 0.6) is 11.5 Å². The summed E-state index contributed by atoms with van der Waals surface area (Å²) in [4.78, 5) is 17.1. The second-order valence-electron chi connectivity index (χ2n) is 7.73. The van der Waals surface area contributed by atoms with Crippen molar-refractivity contribution in [2.24, 2.45) is 0 Å². The molecule has 0 bridgehead atoms. The molecule has 2 fully saturated rings. The van der Waals surface area contributed by atoms with E-state index in [2.05, 4.69) is 4.90 Å². The number of ether oxygens (including phenoxy) is 3. The second kappa shape index (κ2) is 9.11. The lowest BCUT2D eigenvalue weighted by Gasteiger charge is -2.42. The normalized spacial score (nSPS) is 24.4. The van der Waals surface area contributed by atoms with Gasteiger partial charge < -0.3 is 24.2 Å². The largest absolute Gasteiger partial charge is 0.493 e. The average molecular weight is 392 g/mol. The van der Waals surface area contributed by atoms with Crippen molar-refractivity contribution in [2.45, 2.75) is 43.9 Å². The van der Waals surface area contributed by atoms with Crippen LogP contribution in [0.25, 0.3) is 0 Å². The second-order valence-corrected chi connectivity index (χ2v) is 7.73. The van der Waals surface area contributed by atoms with Gasteiger partial charge in [0, 0.05) is 45.4 Å². The molecule has 3 rings (SSSR count). The number of amides is 1. The van der Waals surface area contributed by atoms with Crippen LogP contribution in [0.3, 0.4) is 0 Å². The molecular weight excluding hydrogens is 360 g/mol. The maximum absolute atomic E-state index is 13.2. The SMILES string of the molecule is COc1cccc(CN2CCCC(O)(CN3CCC(OC)CC3)C2=O)c1OC. The van der Waals surface area contributed by atoms with Crippen molar-refractivity contribution in [1.29, 1.82) is 0 Å². The molecule has 28 heavy (non-hydrogen) atoms. The zero-order chi connectivity index (χ0) is 20.1. The highest BCUT2D eigenvalue weighted by molar-refractivity contribution is 5.86. The first-order chi connectivity index (χ1) is 13.5. The van der Waals surface area contributed by atoms with Crippen molar-refractivity contribution in [2.75, 3.05) is 47.5 Å². The van der Waals surface area contributed by atoms with Crippen molar-refractivity contribution < 1.29 is 24.1 Å². The van der Waals surface area contributed by atoms with Gasteiger partial charge in [0.1, 0.15) is 0 Å². The first-order valence-electron chi connectivity index (χ1n) is 9.97. The molecule has 1 aromatic rings. The van der Waals surface area contributed by atoms with Gasteiger partial charge in [-0.05, 0) is 31.7 Å². The first-order valence-corrected chi connectivity index (χ1v) is 9.97. The van der Waals surface area contributed by atoms with Gasteiger partial charge in [0.05, 0.1) is 20.3 Å². The Morgan fingerprint density at radius 1 is 1.14 bits per heavy atom. The van der Waals surface area contributed by atoms with Gasteiger partial charge in [-0.2, -0.15) is 0 Å². The Labute approximate surface area is 167 Å². The number of benzene rings is 1. The van der Waals surface area contributed by atoms with Crippen LogP contribution in [0, 0.1) is 0 Å². The predicted molar refractivity (Wildman–Crippen MR) is 106 cm³/mol. The molecule has 1 unspecified atom stereocenters. The molecule has 2 aliphatic rings. The molecule has 156 valence electrons. The minimum atomic E-state index is -1.33. The quantitative estimate of drug-likeness (QED) is 0.761. The van der Waals surface area contributed by atoms with Crippen LogP contribution in [0.15, 0.2) is 18.2 Å². The number of carbonyl (C=O) groups is 1. The number of β-amino-alcohol motifs (C(OH)–C–C–N with tert-alkyl or cyclic N) is 1. The molecule has 7 nitrogen and oxygen atoms in total. The number of aliphatic hydroxyl groups is 1. The van der Waals surface area contributed by atoms with Crippen LogP contribution >= 0.6 is 0 Å². The number of hydrogen-bond acceptors (Lipinski definition) is 6. The van der Waals surface area contributed by atoms with E-state index in [0.29, 0.717) is 37.6 Å². The van der Waals surface area contributed by atoms with Gasteiger partial charge in [-0.3, -0.25) is 9.69 Å². The van der Waals surface area contributed by atoms with Gasteiger partial charge in [-0.1, -0.05) is 12.1 Å². The third-order valence-corrected chi connectivity index (χ3v) is 5.90. The Morgan fingerprint density at radius 2 is 1.89 bits per heavy atom. The molecule has 0 saturated carbocycles. The van der Waals surface area contributed by atoms with E-state index in [1.165, 1.54) is 0 Å². The molecule has 0 aromatic heterocycles. The van der Waals surface area contributed by atoms with E-state index in [-0.39, 0.29) is 12.0 Å². The van der Waals surface area contributed by atoms with Crippen molar-refractivity contribution in [3.05, 3.63) is 23.8 Å². The minimum Gasteiger partial charge on any atom is -0.493 e. The third kappa shape index (κ3) is 4.42. The molecule has 0 spiro atoms. The van der Waals surface area contributed by atoms with E-state index < -0.39 is 5.60 Å².